The van der Waals surface area contributed by atoms with Crippen molar-refractivity contribution in [2.45, 2.75) is 65.1 Å². The molecular weight excluding hydrogens is 276 g/mol. The molecule has 0 aromatic heterocycles. The molecule has 0 amide bonds. The normalized spacial score (nSPS) is 23.5. The molecule has 0 radical (unpaired) electrons. The zero-order valence-corrected chi connectivity index (χ0v) is 15.0. The SMILES string of the molecule is CCCCCCNC(=NC)NCCCN1CC(C)OC(C)C1. The van der Waals surface area contributed by atoms with Crippen molar-refractivity contribution in [3.05, 3.63) is 0 Å². The summed E-state index contributed by atoms with van der Waals surface area (Å²) >= 11 is 0. The third kappa shape index (κ3) is 8.59. The van der Waals surface area contributed by atoms with Gasteiger partial charge in [0.15, 0.2) is 5.96 Å². The van der Waals surface area contributed by atoms with Gasteiger partial charge in [0.25, 0.3) is 0 Å². The molecule has 1 aliphatic rings. The van der Waals surface area contributed by atoms with Crippen LogP contribution in [0.15, 0.2) is 4.99 Å². The van der Waals surface area contributed by atoms with Crippen molar-refractivity contribution in [3.63, 3.8) is 0 Å². The summed E-state index contributed by atoms with van der Waals surface area (Å²) in [6.45, 7) is 11.8. The Hall–Kier alpha value is -0.810. The Labute approximate surface area is 136 Å². The van der Waals surface area contributed by atoms with E-state index in [1.165, 1.54) is 25.7 Å². The summed E-state index contributed by atoms with van der Waals surface area (Å²) in [5, 5.41) is 6.79. The maximum absolute atomic E-state index is 5.76. The number of morpholine rings is 1. The fourth-order valence-electron chi connectivity index (χ4n) is 2.96. The first kappa shape index (κ1) is 19.2. The van der Waals surface area contributed by atoms with Crippen LogP contribution in [0.3, 0.4) is 0 Å². The zero-order chi connectivity index (χ0) is 16.2. The van der Waals surface area contributed by atoms with Crippen LogP contribution < -0.4 is 10.6 Å². The molecule has 130 valence electrons. The Morgan fingerprint density at radius 1 is 1.05 bits per heavy atom. The molecule has 0 saturated carbocycles. The van der Waals surface area contributed by atoms with Crippen LogP contribution in [0, 0.1) is 0 Å². The number of rotatable bonds is 9. The number of hydrogen-bond acceptors (Lipinski definition) is 3. The average molecular weight is 313 g/mol. The van der Waals surface area contributed by atoms with Gasteiger partial charge in [0.05, 0.1) is 12.2 Å². The summed E-state index contributed by atoms with van der Waals surface area (Å²) in [7, 11) is 1.84. The summed E-state index contributed by atoms with van der Waals surface area (Å²) in [5.41, 5.74) is 0. The van der Waals surface area contributed by atoms with Gasteiger partial charge in [0, 0.05) is 39.8 Å². The van der Waals surface area contributed by atoms with E-state index in [2.05, 4.69) is 41.3 Å². The number of hydrogen-bond donors (Lipinski definition) is 2. The number of ether oxygens (including phenoxy) is 1. The van der Waals surface area contributed by atoms with Crippen LogP contribution >= 0.6 is 0 Å². The quantitative estimate of drug-likeness (QED) is 0.389. The molecule has 0 aromatic carbocycles. The van der Waals surface area contributed by atoms with Gasteiger partial charge < -0.3 is 15.4 Å². The second-order valence-electron chi connectivity index (χ2n) is 6.36. The van der Waals surface area contributed by atoms with Gasteiger partial charge in [0.2, 0.25) is 0 Å². The highest BCUT2D eigenvalue weighted by atomic mass is 16.5. The van der Waals surface area contributed by atoms with E-state index < -0.39 is 0 Å². The molecule has 1 saturated heterocycles. The fraction of sp³-hybridized carbons (Fsp3) is 0.941. The summed E-state index contributed by atoms with van der Waals surface area (Å²) < 4.78 is 5.76. The van der Waals surface area contributed by atoms with Gasteiger partial charge >= 0.3 is 0 Å². The van der Waals surface area contributed by atoms with Crippen LogP contribution in [-0.2, 0) is 4.74 Å². The molecule has 2 unspecified atom stereocenters. The molecule has 2 atom stereocenters. The molecule has 5 heteroatoms. The van der Waals surface area contributed by atoms with E-state index >= 15 is 0 Å². The van der Waals surface area contributed by atoms with Crippen molar-refractivity contribution in [2.24, 2.45) is 4.99 Å². The number of guanidine groups is 1. The lowest BCUT2D eigenvalue weighted by Crippen LogP contribution is -2.46. The zero-order valence-electron chi connectivity index (χ0n) is 15.0. The standard InChI is InChI=1S/C17H36N4O/c1-5-6-7-8-10-19-17(18-4)20-11-9-12-21-13-15(2)22-16(3)14-21/h15-16H,5-14H2,1-4H3,(H2,18,19,20). The van der Waals surface area contributed by atoms with Crippen LogP contribution in [0.4, 0.5) is 0 Å². The molecule has 1 rings (SSSR count). The minimum atomic E-state index is 0.356. The molecule has 0 aliphatic carbocycles. The van der Waals surface area contributed by atoms with E-state index in [1.807, 2.05) is 7.05 Å². The van der Waals surface area contributed by atoms with E-state index in [0.717, 1.165) is 45.1 Å². The Balaban J connectivity index is 2.06. The van der Waals surface area contributed by atoms with E-state index in [-0.39, 0.29) is 0 Å². The first-order valence-corrected chi connectivity index (χ1v) is 8.98. The van der Waals surface area contributed by atoms with Gasteiger partial charge in [-0.25, -0.2) is 0 Å². The monoisotopic (exact) mass is 312 g/mol. The lowest BCUT2D eigenvalue weighted by molar-refractivity contribution is -0.0679. The van der Waals surface area contributed by atoms with Gasteiger partial charge in [-0.1, -0.05) is 26.2 Å². The first-order valence-electron chi connectivity index (χ1n) is 8.98. The van der Waals surface area contributed by atoms with Crippen LogP contribution in [0.1, 0.15) is 52.9 Å². The maximum Gasteiger partial charge on any atom is 0.190 e. The molecule has 1 aliphatic heterocycles. The smallest absolute Gasteiger partial charge is 0.190 e. The van der Waals surface area contributed by atoms with Gasteiger partial charge in [-0.2, -0.15) is 0 Å². The molecular formula is C17H36N4O. The Morgan fingerprint density at radius 2 is 1.68 bits per heavy atom. The van der Waals surface area contributed by atoms with Crippen molar-refractivity contribution in [3.8, 4) is 0 Å². The molecule has 0 aromatic rings. The van der Waals surface area contributed by atoms with Crippen molar-refractivity contribution in [2.75, 3.05) is 39.8 Å². The van der Waals surface area contributed by atoms with Gasteiger partial charge in [-0.3, -0.25) is 9.89 Å². The molecule has 0 spiro atoms. The number of nitrogens with zero attached hydrogens (tertiary/aromatic N) is 2. The van der Waals surface area contributed by atoms with Gasteiger partial charge in [0.1, 0.15) is 0 Å². The second-order valence-corrected chi connectivity index (χ2v) is 6.36. The first-order chi connectivity index (χ1) is 10.7. The third-order valence-corrected chi connectivity index (χ3v) is 3.99. The summed E-state index contributed by atoms with van der Waals surface area (Å²) in [6, 6.07) is 0. The third-order valence-electron chi connectivity index (χ3n) is 3.99. The molecule has 22 heavy (non-hydrogen) atoms. The van der Waals surface area contributed by atoms with Crippen molar-refractivity contribution < 1.29 is 4.74 Å². The largest absolute Gasteiger partial charge is 0.373 e. The lowest BCUT2D eigenvalue weighted by atomic mass is 10.2. The molecule has 5 nitrogen and oxygen atoms in total. The van der Waals surface area contributed by atoms with Crippen molar-refractivity contribution in [1.82, 2.24) is 15.5 Å². The Kier molecular flexibility index (Phi) is 10.2. The highest BCUT2D eigenvalue weighted by Gasteiger charge is 2.21. The van der Waals surface area contributed by atoms with Crippen LogP contribution in [0.2, 0.25) is 0 Å². The molecule has 1 heterocycles. The predicted molar refractivity (Wildman–Crippen MR) is 94.6 cm³/mol. The highest BCUT2D eigenvalue weighted by molar-refractivity contribution is 5.79. The average Bonchev–Trinajstić information content (AvgIpc) is 2.48. The highest BCUT2D eigenvalue weighted by Crippen LogP contribution is 2.10. The van der Waals surface area contributed by atoms with Crippen molar-refractivity contribution in [1.29, 1.82) is 0 Å². The van der Waals surface area contributed by atoms with Crippen molar-refractivity contribution >= 4 is 5.96 Å². The molecule has 2 N–H and O–H groups in total. The molecule has 0 bridgehead atoms. The van der Waals surface area contributed by atoms with E-state index in [0.29, 0.717) is 12.2 Å². The van der Waals surface area contributed by atoms with Crippen LogP contribution in [0.25, 0.3) is 0 Å². The lowest BCUT2D eigenvalue weighted by Gasteiger charge is -2.35. The van der Waals surface area contributed by atoms with Crippen LogP contribution in [0.5, 0.6) is 0 Å². The number of nitrogens with one attached hydrogen (secondary N) is 2. The van der Waals surface area contributed by atoms with E-state index in [1.54, 1.807) is 0 Å². The summed E-state index contributed by atoms with van der Waals surface area (Å²) in [5.74, 6) is 0.931. The van der Waals surface area contributed by atoms with Crippen LogP contribution in [-0.4, -0.2) is 62.8 Å². The van der Waals surface area contributed by atoms with Gasteiger partial charge in [-0.05, 0) is 26.7 Å². The van der Waals surface area contributed by atoms with E-state index in [4.69, 9.17) is 4.74 Å². The maximum atomic E-state index is 5.76. The van der Waals surface area contributed by atoms with E-state index in [9.17, 15) is 0 Å². The number of aliphatic imine (C=N–C) groups is 1. The minimum absolute atomic E-state index is 0.356. The number of unbranched alkanes of at least 4 members (excludes halogenated alkanes) is 3. The molecule has 1 fully saturated rings. The summed E-state index contributed by atoms with van der Waals surface area (Å²) in [4.78, 5) is 6.78. The Morgan fingerprint density at radius 3 is 2.27 bits per heavy atom. The Bertz CT molecular complexity index is 299. The predicted octanol–water partition coefficient (Wildman–Crippen LogP) is 2.23. The van der Waals surface area contributed by atoms with Gasteiger partial charge in [-0.15, -0.1) is 0 Å². The summed E-state index contributed by atoms with van der Waals surface area (Å²) in [6.07, 6.45) is 6.97. The minimum Gasteiger partial charge on any atom is -0.373 e. The fourth-order valence-corrected chi connectivity index (χ4v) is 2.96. The topological polar surface area (TPSA) is 48.9 Å². The second kappa shape index (κ2) is 11.7.